The van der Waals surface area contributed by atoms with Crippen molar-refractivity contribution in [3.8, 4) is 0 Å². The third-order valence-corrected chi connectivity index (χ3v) is 8.77. The van der Waals surface area contributed by atoms with Crippen molar-refractivity contribution in [1.82, 2.24) is 29.9 Å². The Morgan fingerprint density at radius 2 is 1.92 bits per heavy atom. The standard InChI is InChI=1S/C28H34N6O3S/c1-28(2,3)30-18-20-12-13-24-21(16-20)8-7-11-25(24)33-19-22(31-32-33)17-26-27(35)29-14-15-34(26)38(36,37)23-9-5-4-6-10-23/h4-6,9-10,12-16,19,25-26,30H,7-8,11,17-18H2,1-3H3,(H,29,35)/t25-,26+/m0/s1. The highest BCUT2D eigenvalue weighted by Crippen LogP contribution is 2.33. The quantitative estimate of drug-likeness (QED) is 0.482. The minimum atomic E-state index is -3.91. The van der Waals surface area contributed by atoms with Gasteiger partial charge in [0, 0.05) is 37.1 Å². The minimum absolute atomic E-state index is 0.0499. The molecule has 38 heavy (non-hydrogen) atoms. The molecule has 0 bridgehead atoms. The van der Waals surface area contributed by atoms with Crippen LogP contribution in [-0.2, 0) is 34.2 Å². The van der Waals surface area contributed by atoms with Gasteiger partial charge in [0.25, 0.3) is 10.0 Å². The van der Waals surface area contributed by atoms with E-state index in [1.165, 1.54) is 41.2 Å². The van der Waals surface area contributed by atoms with Crippen LogP contribution in [0, 0.1) is 0 Å². The number of hydrogen-bond donors (Lipinski definition) is 2. The van der Waals surface area contributed by atoms with Gasteiger partial charge in [0.15, 0.2) is 0 Å². The largest absolute Gasteiger partial charge is 0.329 e. The molecule has 2 aromatic carbocycles. The number of rotatable bonds is 7. The Balaban J connectivity index is 1.36. The Labute approximate surface area is 224 Å². The molecular weight excluding hydrogens is 500 g/mol. The van der Waals surface area contributed by atoms with Crippen LogP contribution < -0.4 is 10.6 Å². The first-order valence-corrected chi connectivity index (χ1v) is 14.4. The van der Waals surface area contributed by atoms with E-state index < -0.39 is 22.0 Å². The third-order valence-electron chi connectivity index (χ3n) is 6.97. The molecule has 5 rings (SSSR count). The van der Waals surface area contributed by atoms with E-state index >= 15 is 0 Å². The molecule has 2 heterocycles. The summed E-state index contributed by atoms with van der Waals surface area (Å²) in [6, 6.07) is 13.8. The number of aromatic nitrogens is 3. The molecular formula is C28H34N6O3S. The maximum Gasteiger partial charge on any atom is 0.264 e. The first-order chi connectivity index (χ1) is 18.1. The molecule has 0 radical (unpaired) electrons. The zero-order valence-electron chi connectivity index (χ0n) is 22.0. The average molecular weight is 535 g/mol. The van der Waals surface area contributed by atoms with E-state index in [9.17, 15) is 13.2 Å². The molecule has 0 saturated heterocycles. The fourth-order valence-corrected chi connectivity index (χ4v) is 6.48. The van der Waals surface area contributed by atoms with Gasteiger partial charge in [-0.15, -0.1) is 5.10 Å². The summed E-state index contributed by atoms with van der Waals surface area (Å²) < 4.78 is 29.6. The summed E-state index contributed by atoms with van der Waals surface area (Å²) in [5, 5.41) is 14.9. The number of carbonyl (C=O) groups excluding carboxylic acids is 1. The molecule has 1 amide bonds. The molecule has 1 aliphatic carbocycles. The van der Waals surface area contributed by atoms with E-state index in [1.807, 2.05) is 10.9 Å². The van der Waals surface area contributed by atoms with E-state index in [1.54, 1.807) is 18.2 Å². The number of sulfonamides is 1. The predicted octanol–water partition coefficient (Wildman–Crippen LogP) is 3.29. The van der Waals surface area contributed by atoms with Crippen molar-refractivity contribution in [3.63, 3.8) is 0 Å². The molecule has 2 aliphatic rings. The second-order valence-electron chi connectivity index (χ2n) is 10.9. The number of fused-ring (bicyclic) bond motifs is 1. The van der Waals surface area contributed by atoms with Crippen LogP contribution in [0.3, 0.4) is 0 Å². The van der Waals surface area contributed by atoms with Gasteiger partial charge in [0.1, 0.15) is 6.04 Å². The van der Waals surface area contributed by atoms with E-state index in [0.717, 1.165) is 30.1 Å². The Morgan fingerprint density at radius 3 is 2.68 bits per heavy atom. The van der Waals surface area contributed by atoms with Crippen LogP contribution in [0.5, 0.6) is 0 Å². The van der Waals surface area contributed by atoms with Crippen LogP contribution in [-0.4, -0.2) is 45.2 Å². The maximum atomic E-state index is 13.3. The minimum Gasteiger partial charge on any atom is -0.329 e. The average Bonchev–Trinajstić information content (AvgIpc) is 3.36. The smallest absolute Gasteiger partial charge is 0.264 e. The normalized spacial score (nSPS) is 19.8. The fourth-order valence-electron chi connectivity index (χ4n) is 5.00. The van der Waals surface area contributed by atoms with E-state index in [-0.39, 0.29) is 22.9 Å². The number of benzene rings is 2. The van der Waals surface area contributed by atoms with E-state index in [4.69, 9.17) is 0 Å². The van der Waals surface area contributed by atoms with Crippen molar-refractivity contribution in [2.45, 2.75) is 75.5 Å². The predicted molar refractivity (Wildman–Crippen MR) is 144 cm³/mol. The highest BCUT2D eigenvalue weighted by Gasteiger charge is 2.36. The zero-order chi connectivity index (χ0) is 26.9. The second kappa shape index (κ2) is 10.3. The van der Waals surface area contributed by atoms with Crippen LogP contribution in [0.25, 0.3) is 0 Å². The number of aryl methyl sites for hydroxylation is 1. The zero-order valence-corrected chi connectivity index (χ0v) is 22.8. The van der Waals surface area contributed by atoms with Gasteiger partial charge in [-0.05, 0) is 68.9 Å². The Morgan fingerprint density at radius 1 is 1.13 bits per heavy atom. The molecule has 0 fully saturated rings. The maximum absolute atomic E-state index is 13.3. The van der Waals surface area contributed by atoms with Crippen LogP contribution in [0.4, 0.5) is 0 Å². The molecule has 2 N–H and O–H groups in total. The molecule has 1 aromatic heterocycles. The first-order valence-electron chi connectivity index (χ1n) is 12.9. The molecule has 0 spiro atoms. The third kappa shape index (κ3) is 5.51. The summed E-state index contributed by atoms with van der Waals surface area (Å²) in [5.74, 6) is -0.402. The lowest BCUT2D eigenvalue weighted by atomic mass is 9.86. The van der Waals surface area contributed by atoms with Crippen molar-refractivity contribution in [2.24, 2.45) is 0 Å². The van der Waals surface area contributed by atoms with Crippen LogP contribution in [0.15, 0.2) is 72.0 Å². The van der Waals surface area contributed by atoms with Crippen molar-refractivity contribution < 1.29 is 13.2 Å². The van der Waals surface area contributed by atoms with Gasteiger partial charge in [0.2, 0.25) is 5.91 Å². The molecule has 10 heteroatoms. The van der Waals surface area contributed by atoms with Gasteiger partial charge in [-0.3, -0.25) is 9.10 Å². The topological polar surface area (TPSA) is 109 Å². The summed E-state index contributed by atoms with van der Waals surface area (Å²) >= 11 is 0. The van der Waals surface area contributed by atoms with Crippen LogP contribution >= 0.6 is 0 Å². The van der Waals surface area contributed by atoms with E-state index in [2.05, 4.69) is 59.9 Å². The Kier molecular flexibility index (Phi) is 7.11. The number of nitrogens with one attached hydrogen (secondary N) is 2. The second-order valence-corrected chi connectivity index (χ2v) is 12.8. The lowest BCUT2D eigenvalue weighted by Gasteiger charge is -2.31. The van der Waals surface area contributed by atoms with Gasteiger partial charge in [-0.25, -0.2) is 13.1 Å². The van der Waals surface area contributed by atoms with Crippen LogP contribution in [0.2, 0.25) is 0 Å². The van der Waals surface area contributed by atoms with Crippen molar-refractivity contribution in [2.75, 3.05) is 0 Å². The molecule has 0 saturated carbocycles. The monoisotopic (exact) mass is 534 g/mol. The molecule has 3 aromatic rings. The lowest BCUT2D eigenvalue weighted by Crippen LogP contribution is -2.50. The lowest BCUT2D eigenvalue weighted by molar-refractivity contribution is -0.124. The van der Waals surface area contributed by atoms with Crippen molar-refractivity contribution in [1.29, 1.82) is 0 Å². The van der Waals surface area contributed by atoms with Gasteiger partial charge < -0.3 is 10.6 Å². The summed E-state index contributed by atoms with van der Waals surface area (Å²) in [7, 11) is -3.91. The number of amides is 1. The highest BCUT2D eigenvalue weighted by molar-refractivity contribution is 7.89. The Hall–Kier alpha value is -3.50. The number of nitrogens with zero attached hydrogens (tertiary/aromatic N) is 4. The van der Waals surface area contributed by atoms with Crippen molar-refractivity contribution >= 4 is 15.9 Å². The van der Waals surface area contributed by atoms with Gasteiger partial charge in [0.05, 0.1) is 16.6 Å². The van der Waals surface area contributed by atoms with E-state index in [0.29, 0.717) is 5.69 Å². The first kappa shape index (κ1) is 26.1. The van der Waals surface area contributed by atoms with Crippen molar-refractivity contribution in [3.05, 3.63) is 89.5 Å². The number of hydrogen-bond acceptors (Lipinski definition) is 6. The van der Waals surface area contributed by atoms with Crippen LogP contribution in [0.1, 0.15) is 62.0 Å². The summed E-state index contributed by atoms with van der Waals surface area (Å²) in [6.07, 6.45) is 7.70. The van der Waals surface area contributed by atoms with Gasteiger partial charge in [-0.1, -0.05) is 41.6 Å². The Bertz CT molecular complexity index is 1440. The van der Waals surface area contributed by atoms with Gasteiger partial charge in [-0.2, -0.15) is 0 Å². The molecule has 2 atom stereocenters. The summed E-state index contributed by atoms with van der Waals surface area (Å²) in [5.41, 5.74) is 4.43. The molecule has 200 valence electrons. The number of carbonyl (C=O) groups is 1. The molecule has 9 nitrogen and oxygen atoms in total. The molecule has 0 unspecified atom stereocenters. The van der Waals surface area contributed by atoms with Gasteiger partial charge >= 0.3 is 0 Å². The highest BCUT2D eigenvalue weighted by atomic mass is 32.2. The summed E-state index contributed by atoms with van der Waals surface area (Å²) in [4.78, 5) is 12.9. The summed E-state index contributed by atoms with van der Waals surface area (Å²) in [6.45, 7) is 7.29. The fraction of sp³-hybridized carbons (Fsp3) is 0.393. The molecule has 1 aliphatic heterocycles. The SMILES string of the molecule is CC(C)(C)NCc1ccc2c(c1)CCC[C@@H]2n1cc(C[C@@H]2C(=O)NC=CN2S(=O)(=O)c2ccccc2)nn1.